The van der Waals surface area contributed by atoms with Crippen LogP contribution in [0.5, 0.6) is 0 Å². The van der Waals surface area contributed by atoms with Crippen molar-refractivity contribution in [3.8, 4) is 0 Å². The van der Waals surface area contributed by atoms with Crippen LogP contribution >= 0.6 is 0 Å². The number of hydrogen-bond donors (Lipinski definition) is 1. The molecule has 0 amide bonds. The molecular formula is C16H34O3Si. The number of Topliss-reactive ketones (excluding diaryl/α,β-unsaturated/α-hetero) is 1. The number of hydrogen-bond acceptors (Lipinski definition) is 3. The summed E-state index contributed by atoms with van der Waals surface area (Å²) in [6.45, 7) is 17.2. The summed E-state index contributed by atoms with van der Waals surface area (Å²) in [5, 5.41) is 10.2. The zero-order chi connectivity index (χ0) is 16.1. The monoisotopic (exact) mass is 302 g/mol. The Morgan fingerprint density at radius 2 is 1.40 bits per heavy atom. The van der Waals surface area contributed by atoms with Gasteiger partial charge in [0.25, 0.3) is 0 Å². The first-order valence-electron chi connectivity index (χ1n) is 7.95. The van der Waals surface area contributed by atoms with E-state index in [4.69, 9.17) is 4.43 Å². The van der Waals surface area contributed by atoms with Crippen molar-refractivity contribution in [2.75, 3.05) is 6.61 Å². The summed E-state index contributed by atoms with van der Waals surface area (Å²) in [6.07, 6.45) is -0.218. The highest BCUT2D eigenvalue weighted by Gasteiger charge is 2.45. The van der Waals surface area contributed by atoms with E-state index in [2.05, 4.69) is 41.5 Å². The minimum atomic E-state index is -1.95. The first kappa shape index (κ1) is 19.8. The van der Waals surface area contributed by atoms with Crippen LogP contribution in [0, 0.1) is 5.92 Å². The Kier molecular flexibility index (Phi) is 8.22. The molecule has 0 saturated heterocycles. The predicted octanol–water partition coefficient (Wildman–Crippen LogP) is 4.15. The molecule has 0 heterocycles. The molecule has 0 aromatic carbocycles. The fourth-order valence-electron chi connectivity index (χ4n) is 3.41. The van der Waals surface area contributed by atoms with Gasteiger partial charge in [-0.15, -0.1) is 0 Å². The van der Waals surface area contributed by atoms with Gasteiger partial charge in [0.2, 0.25) is 0 Å². The number of aliphatic hydroxyl groups excluding tert-OH is 1. The SMILES string of the molecule is CCC(=O)[C@H](C)[C@H](O)CO[Si](C(C)C)(C(C)C)C(C)C. The van der Waals surface area contributed by atoms with Crippen LogP contribution in [0.2, 0.25) is 16.6 Å². The molecule has 0 aliphatic rings. The van der Waals surface area contributed by atoms with Gasteiger partial charge in [-0.3, -0.25) is 4.79 Å². The summed E-state index contributed by atoms with van der Waals surface area (Å²) in [6, 6.07) is 0. The molecule has 0 aromatic rings. The molecule has 120 valence electrons. The first-order chi connectivity index (χ1) is 9.11. The highest BCUT2D eigenvalue weighted by molar-refractivity contribution is 6.77. The van der Waals surface area contributed by atoms with Crippen molar-refractivity contribution in [2.24, 2.45) is 5.92 Å². The molecule has 0 saturated carbocycles. The maximum atomic E-state index is 11.7. The van der Waals surface area contributed by atoms with Gasteiger partial charge >= 0.3 is 0 Å². The lowest BCUT2D eigenvalue weighted by atomic mass is 9.99. The maximum Gasteiger partial charge on any atom is 0.200 e. The Hall–Kier alpha value is -0.193. The first-order valence-corrected chi connectivity index (χ1v) is 10.1. The van der Waals surface area contributed by atoms with Crippen LogP contribution in [0.15, 0.2) is 0 Å². The van der Waals surface area contributed by atoms with Gasteiger partial charge in [-0.25, -0.2) is 0 Å². The summed E-state index contributed by atoms with van der Waals surface area (Å²) in [5.41, 5.74) is 1.48. The van der Waals surface area contributed by atoms with Crippen LogP contribution in [-0.4, -0.2) is 31.9 Å². The molecule has 0 radical (unpaired) electrons. The molecule has 0 unspecified atom stereocenters. The largest absolute Gasteiger partial charge is 0.413 e. The fourth-order valence-corrected chi connectivity index (χ4v) is 8.87. The Labute approximate surface area is 126 Å². The molecule has 0 spiro atoms. The zero-order valence-corrected chi connectivity index (χ0v) is 15.6. The quantitative estimate of drug-likeness (QED) is 0.651. The molecule has 3 nitrogen and oxygen atoms in total. The van der Waals surface area contributed by atoms with Gasteiger partial charge in [0.1, 0.15) is 5.78 Å². The van der Waals surface area contributed by atoms with E-state index in [0.29, 0.717) is 23.0 Å². The smallest absolute Gasteiger partial charge is 0.200 e. The lowest BCUT2D eigenvalue weighted by molar-refractivity contribution is -0.126. The molecule has 0 fully saturated rings. The van der Waals surface area contributed by atoms with Crippen molar-refractivity contribution in [3.63, 3.8) is 0 Å². The van der Waals surface area contributed by atoms with E-state index in [1.54, 1.807) is 6.92 Å². The van der Waals surface area contributed by atoms with Crippen molar-refractivity contribution >= 4 is 14.1 Å². The van der Waals surface area contributed by atoms with Gasteiger partial charge in [0.05, 0.1) is 12.7 Å². The summed E-state index contributed by atoms with van der Waals surface area (Å²) < 4.78 is 6.33. The Morgan fingerprint density at radius 3 is 1.70 bits per heavy atom. The standard InChI is InChI=1S/C16H34O3Si/c1-9-15(17)14(8)16(18)10-19-20(11(2)3,12(4)5)13(6)7/h11-14,16,18H,9-10H2,1-8H3/t14-,16+/m0/s1. The molecule has 0 aliphatic carbocycles. The van der Waals surface area contributed by atoms with E-state index in [-0.39, 0.29) is 18.3 Å². The molecule has 0 rings (SSSR count). The average Bonchev–Trinajstić information content (AvgIpc) is 2.35. The van der Waals surface area contributed by atoms with E-state index in [1.807, 2.05) is 6.92 Å². The number of ketones is 1. The molecule has 1 N–H and O–H groups in total. The van der Waals surface area contributed by atoms with Gasteiger partial charge < -0.3 is 9.53 Å². The van der Waals surface area contributed by atoms with Crippen molar-refractivity contribution < 1.29 is 14.3 Å². The third-order valence-corrected chi connectivity index (χ3v) is 10.7. The van der Waals surface area contributed by atoms with E-state index in [0.717, 1.165) is 0 Å². The second kappa shape index (κ2) is 8.30. The lowest BCUT2D eigenvalue weighted by Gasteiger charge is -2.42. The van der Waals surface area contributed by atoms with E-state index in [1.165, 1.54) is 0 Å². The molecule has 2 atom stereocenters. The van der Waals surface area contributed by atoms with Crippen molar-refractivity contribution in [1.82, 2.24) is 0 Å². The Bertz CT molecular complexity index is 278. The highest BCUT2D eigenvalue weighted by Crippen LogP contribution is 2.42. The maximum absolute atomic E-state index is 11.7. The normalized spacial score (nSPS) is 16.0. The molecule has 0 aromatic heterocycles. The second-order valence-corrected chi connectivity index (χ2v) is 12.3. The van der Waals surface area contributed by atoms with E-state index in [9.17, 15) is 9.90 Å². The van der Waals surface area contributed by atoms with Crippen LogP contribution in [0.3, 0.4) is 0 Å². The van der Waals surface area contributed by atoms with E-state index >= 15 is 0 Å². The summed E-state index contributed by atoms with van der Waals surface area (Å²) in [7, 11) is -1.95. The van der Waals surface area contributed by atoms with Crippen molar-refractivity contribution in [2.45, 2.75) is 84.5 Å². The number of carbonyl (C=O) groups excluding carboxylic acids is 1. The minimum Gasteiger partial charge on any atom is -0.413 e. The molecule has 20 heavy (non-hydrogen) atoms. The third kappa shape index (κ3) is 4.40. The topological polar surface area (TPSA) is 46.5 Å². The molecular weight excluding hydrogens is 268 g/mol. The fraction of sp³-hybridized carbons (Fsp3) is 0.938. The molecule has 0 bridgehead atoms. The minimum absolute atomic E-state index is 0.104. The summed E-state index contributed by atoms with van der Waals surface area (Å²) in [4.78, 5) is 11.7. The highest BCUT2D eigenvalue weighted by atomic mass is 28.4. The van der Waals surface area contributed by atoms with Crippen LogP contribution in [0.1, 0.15) is 61.8 Å². The summed E-state index contributed by atoms with van der Waals surface area (Å²) >= 11 is 0. The zero-order valence-electron chi connectivity index (χ0n) is 14.6. The van der Waals surface area contributed by atoms with Crippen LogP contribution < -0.4 is 0 Å². The van der Waals surface area contributed by atoms with Gasteiger partial charge in [0.15, 0.2) is 8.32 Å². The summed E-state index contributed by atoms with van der Waals surface area (Å²) in [5.74, 6) is -0.231. The van der Waals surface area contributed by atoms with Gasteiger partial charge in [-0.05, 0) is 16.6 Å². The average molecular weight is 303 g/mol. The van der Waals surface area contributed by atoms with Gasteiger partial charge in [-0.2, -0.15) is 0 Å². The Balaban J connectivity index is 4.91. The molecule has 4 heteroatoms. The van der Waals surface area contributed by atoms with Gasteiger partial charge in [0, 0.05) is 12.3 Å². The van der Waals surface area contributed by atoms with Gasteiger partial charge in [-0.1, -0.05) is 55.4 Å². The van der Waals surface area contributed by atoms with Crippen molar-refractivity contribution in [1.29, 1.82) is 0 Å². The Morgan fingerprint density at radius 1 is 1.00 bits per heavy atom. The number of rotatable bonds is 9. The van der Waals surface area contributed by atoms with Crippen molar-refractivity contribution in [3.05, 3.63) is 0 Å². The predicted molar refractivity (Wildman–Crippen MR) is 87.5 cm³/mol. The number of aliphatic hydroxyl groups is 1. The van der Waals surface area contributed by atoms with E-state index < -0.39 is 14.4 Å². The number of carbonyl (C=O) groups is 1. The lowest BCUT2D eigenvalue weighted by Crippen LogP contribution is -2.49. The molecule has 0 aliphatic heterocycles. The van der Waals surface area contributed by atoms with Crippen LogP contribution in [0.4, 0.5) is 0 Å². The van der Waals surface area contributed by atoms with Crippen LogP contribution in [-0.2, 0) is 9.22 Å². The van der Waals surface area contributed by atoms with Crippen LogP contribution in [0.25, 0.3) is 0 Å². The third-order valence-electron chi connectivity index (χ3n) is 4.64. The second-order valence-electron chi connectivity index (χ2n) is 6.80.